The van der Waals surface area contributed by atoms with Crippen LogP contribution in [0.4, 0.5) is 0 Å². The molecule has 102 valence electrons. The van der Waals surface area contributed by atoms with E-state index < -0.39 is 0 Å². The fourth-order valence-corrected chi connectivity index (χ4v) is 3.76. The van der Waals surface area contributed by atoms with Crippen molar-refractivity contribution >= 4 is 0 Å². The molecule has 0 aromatic carbocycles. The third kappa shape index (κ3) is 3.86. The van der Waals surface area contributed by atoms with Crippen molar-refractivity contribution in [3.8, 4) is 0 Å². The van der Waals surface area contributed by atoms with E-state index >= 15 is 0 Å². The molecule has 1 aliphatic carbocycles. The van der Waals surface area contributed by atoms with Crippen molar-refractivity contribution in [1.82, 2.24) is 9.55 Å². The van der Waals surface area contributed by atoms with E-state index in [4.69, 9.17) is 0 Å². The molecule has 0 aliphatic heterocycles. The lowest BCUT2D eigenvalue weighted by Crippen LogP contribution is -2.27. The molecule has 0 amide bonds. The molecule has 1 heterocycles. The van der Waals surface area contributed by atoms with Crippen molar-refractivity contribution < 1.29 is 0 Å². The van der Waals surface area contributed by atoms with E-state index in [1.807, 2.05) is 12.5 Å². The number of hydrogen-bond acceptors (Lipinski definition) is 1. The van der Waals surface area contributed by atoms with Gasteiger partial charge in [-0.05, 0) is 24.2 Å². The van der Waals surface area contributed by atoms with Gasteiger partial charge in [0.2, 0.25) is 0 Å². The highest BCUT2D eigenvalue weighted by atomic mass is 15.0. The summed E-state index contributed by atoms with van der Waals surface area (Å²) in [6, 6.07) is 0. The summed E-state index contributed by atoms with van der Waals surface area (Å²) in [7, 11) is 0. The monoisotopic (exact) mass is 248 g/mol. The molecule has 0 radical (unpaired) electrons. The maximum atomic E-state index is 4.18. The molecule has 2 rings (SSSR count). The van der Waals surface area contributed by atoms with E-state index in [9.17, 15) is 0 Å². The van der Waals surface area contributed by atoms with Crippen LogP contribution in [-0.2, 0) is 6.54 Å². The van der Waals surface area contributed by atoms with E-state index in [0.717, 1.165) is 12.5 Å². The topological polar surface area (TPSA) is 17.8 Å². The quantitative estimate of drug-likeness (QED) is 0.716. The van der Waals surface area contributed by atoms with E-state index in [0.29, 0.717) is 5.41 Å². The van der Waals surface area contributed by atoms with Crippen molar-refractivity contribution in [3.05, 3.63) is 18.7 Å². The van der Waals surface area contributed by atoms with Crippen molar-refractivity contribution in [2.24, 2.45) is 11.3 Å². The predicted octanol–water partition coefficient (Wildman–Crippen LogP) is 4.66. The second kappa shape index (κ2) is 6.40. The predicted molar refractivity (Wildman–Crippen MR) is 76.4 cm³/mol. The highest BCUT2D eigenvalue weighted by molar-refractivity contribution is 4.83. The molecule has 0 spiro atoms. The van der Waals surface area contributed by atoms with Gasteiger partial charge in [-0.25, -0.2) is 4.98 Å². The smallest absolute Gasteiger partial charge is 0.0946 e. The van der Waals surface area contributed by atoms with E-state index in [-0.39, 0.29) is 0 Å². The summed E-state index contributed by atoms with van der Waals surface area (Å²) in [6.45, 7) is 5.93. The molecule has 1 unspecified atom stereocenters. The van der Waals surface area contributed by atoms with Gasteiger partial charge >= 0.3 is 0 Å². The van der Waals surface area contributed by atoms with Gasteiger partial charge in [0.05, 0.1) is 6.33 Å². The molecular weight excluding hydrogens is 220 g/mol. The zero-order valence-electron chi connectivity index (χ0n) is 12.1. The number of rotatable bonds is 6. The SMILES string of the molecule is CCCC(C)(CC1CCCCC1)Cn1ccnc1. The minimum Gasteiger partial charge on any atom is -0.337 e. The summed E-state index contributed by atoms with van der Waals surface area (Å²) in [5, 5.41) is 0. The molecule has 0 bridgehead atoms. The molecular formula is C16H28N2. The first-order valence-corrected chi connectivity index (χ1v) is 7.67. The molecule has 0 saturated heterocycles. The standard InChI is InChI=1S/C16H28N2/c1-3-9-16(2,13-18-11-10-17-14-18)12-15-7-5-4-6-8-15/h10-11,14-15H,3-9,12-13H2,1-2H3. The largest absolute Gasteiger partial charge is 0.337 e. The van der Waals surface area contributed by atoms with Crippen LogP contribution < -0.4 is 0 Å². The van der Waals surface area contributed by atoms with Gasteiger partial charge < -0.3 is 4.57 Å². The Morgan fingerprint density at radius 3 is 2.67 bits per heavy atom. The highest BCUT2D eigenvalue weighted by Crippen LogP contribution is 2.38. The number of hydrogen-bond donors (Lipinski definition) is 0. The zero-order chi connectivity index (χ0) is 12.8. The number of nitrogens with zero attached hydrogens (tertiary/aromatic N) is 2. The first-order valence-electron chi connectivity index (χ1n) is 7.67. The summed E-state index contributed by atoms with van der Waals surface area (Å²) < 4.78 is 2.26. The average molecular weight is 248 g/mol. The van der Waals surface area contributed by atoms with Gasteiger partial charge in [0, 0.05) is 18.9 Å². The van der Waals surface area contributed by atoms with Gasteiger partial charge in [-0.2, -0.15) is 0 Å². The van der Waals surface area contributed by atoms with Crippen LogP contribution in [0, 0.1) is 11.3 Å². The first-order chi connectivity index (χ1) is 8.72. The Hall–Kier alpha value is -0.790. The summed E-state index contributed by atoms with van der Waals surface area (Å²) in [5.41, 5.74) is 0.456. The zero-order valence-corrected chi connectivity index (χ0v) is 12.1. The average Bonchev–Trinajstić information content (AvgIpc) is 2.82. The van der Waals surface area contributed by atoms with E-state index in [1.54, 1.807) is 0 Å². The van der Waals surface area contributed by atoms with Crippen LogP contribution in [-0.4, -0.2) is 9.55 Å². The molecule has 0 N–H and O–H groups in total. The summed E-state index contributed by atoms with van der Waals surface area (Å²) in [5.74, 6) is 0.971. The number of imidazole rings is 1. The second-order valence-corrected chi connectivity index (χ2v) is 6.50. The molecule has 1 aromatic rings. The van der Waals surface area contributed by atoms with Gasteiger partial charge in [-0.1, -0.05) is 52.4 Å². The Balaban J connectivity index is 1.95. The Bertz CT molecular complexity index is 325. The normalized spacial score (nSPS) is 20.8. The minimum atomic E-state index is 0.456. The van der Waals surface area contributed by atoms with Crippen molar-refractivity contribution in [3.63, 3.8) is 0 Å². The molecule has 18 heavy (non-hydrogen) atoms. The first kappa shape index (κ1) is 13.6. The van der Waals surface area contributed by atoms with Crippen LogP contribution >= 0.6 is 0 Å². The third-order valence-corrected chi connectivity index (χ3v) is 4.48. The molecule has 1 saturated carbocycles. The molecule has 1 atom stereocenters. The molecule has 1 aromatic heterocycles. The summed E-state index contributed by atoms with van der Waals surface area (Å²) in [6.07, 6.45) is 17.3. The van der Waals surface area contributed by atoms with Gasteiger partial charge in [0.1, 0.15) is 0 Å². The Kier molecular flexibility index (Phi) is 4.85. The minimum absolute atomic E-state index is 0.456. The van der Waals surface area contributed by atoms with Crippen molar-refractivity contribution in [1.29, 1.82) is 0 Å². The fraction of sp³-hybridized carbons (Fsp3) is 0.812. The van der Waals surface area contributed by atoms with Crippen molar-refractivity contribution in [2.75, 3.05) is 0 Å². The lowest BCUT2D eigenvalue weighted by atomic mass is 9.73. The lowest BCUT2D eigenvalue weighted by Gasteiger charge is -2.35. The van der Waals surface area contributed by atoms with Crippen LogP contribution in [0.3, 0.4) is 0 Å². The van der Waals surface area contributed by atoms with Crippen LogP contribution in [0.5, 0.6) is 0 Å². The van der Waals surface area contributed by atoms with E-state index in [2.05, 4.69) is 29.6 Å². The molecule has 1 fully saturated rings. The number of aromatic nitrogens is 2. The molecule has 2 nitrogen and oxygen atoms in total. The van der Waals surface area contributed by atoms with Crippen LogP contribution in [0.2, 0.25) is 0 Å². The maximum Gasteiger partial charge on any atom is 0.0946 e. The second-order valence-electron chi connectivity index (χ2n) is 6.50. The van der Waals surface area contributed by atoms with Gasteiger partial charge in [-0.3, -0.25) is 0 Å². The van der Waals surface area contributed by atoms with Gasteiger partial charge in [-0.15, -0.1) is 0 Å². The summed E-state index contributed by atoms with van der Waals surface area (Å²) in [4.78, 5) is 4.18. The third-order valence-electron chi connectivity index (χ3n) is 4.48. The van der Waals surface area contributed by atoms with Crippen molar-refractivity contribution in [2.45, 2.75) is 71.8 Å². The molecule has 1 aliphatic rings. The lowest BCUT2D eigenvalue weighted by molar-refractivity contribution is 0.162. The summed E-state index contributed by atoms with van der Waals surface area (Å²) >= 11 is 0. The van der Waals surface area contributed by atoms with Gasteiger partial charge in [0.15, 0.2) is 0 Å². The Morgan fingerprint density at radius 2 is 2.06 bits per heavy atom. The Labute approximate surface area is 112 Å². The maximum absolute atomic E-state index is 4.18. The molecule has 2 heteroatoms. The van der Waals surface area contributed by atoms with E-state index in [1.165, 1.54) is 51.4 Å². The Morgan fingerprint density at radius 1 is 1.28 bits per heavy atom. The fourth-order valence-electron chi connectivity index (χ4n) is 3.76. The van der Waals surface area contributed by atoms with Crippen LogP contribution in [0.25, 0.3) is 0 Å². The van der Waals surface area contributed by atoms with Crippen LogP contribution in [0.15, 0.2) is 18.7 Å². The van der Waals surface area contributed by atoms with Gasteiger partial charge in [0.25, 0.3) is 0 Å². The highest BCUT2D eigenvalue weighted by Gasteiger charge is 2.28. The van der Waals surface area contributed by atoms with Crippen LogP contribution in [0.1, 0.15) is 65.2 Å².